The molecule has 36 heavy (non-hydrogen) atoms. The molecule has 0 bridgehead atoms. The Labute approximate surface area is 221 Å². The van der Waals surface area contributed by atoms with Crippen LogP contribution in [-0.4, -0.2) is 96.2 Å². The van der Waals surface area contributed by atoms with Gasteiger partial charge in [0.15, 0.2) is 21.9 Å². The Hall–Kier alpha value is -2.78. The van der Waals surface area contributed by atoms with Gasteiger partial charge in [-0.2, -0.15) is 0 Å². The third-order valence-corrected chi connectivity index (χ3v) is 7.14. The molecule has 0 unspecified atom stereocenters. The maximum Gasteiger partial charge on any atom is 0.172 e. The zero-order valence-corrected chi connectivity index (χ0v) is 22.1. The second kappa shape index (κ2) is 11.1. The number of benzene rings is 2. The standard InChI is InChI=1S/2C13H15ClN4/c2*1-17-6-8-18(9-7-17)13-12(14)15-10-4-2-3-5-11(10)16-13/h2*2-5H,6-9H2,1H3. The van der Waals surface area contributed by atoms with Gasteiger partial charge in [0.1, 0.15) is 0 Å². The molecule has 2 saturated heterocycles. The summed E-state index contributed by atoms with van der Waals surface area (Å²) in [4.78, 5) is 27.1. The first-order valence-corrected chi connectivity index (χ1v) is 12.9. The summed E-state index contributed by atoms with van der Waals surface area (Å²) in [5.74, 6) is 1.62. The summed E-state index contributed by atoms with van der Waals surface area (Å²) in [6.45, 7) is 7.92. The number of nitrogens with zero attached hydrogens (tertiary/aromatic N) is 8. The maximum absolute atomic E-state index is 6.24. The van der Waals surface area contributed by atoms with E-state index in [0.29, 0.717) is 10.3 Å². The van der Waals surface area contributed by atoms with Gasteiger partial charge in [0, 0.05) is 52.4 Å². The molecule has 4 heterocycles. The first-order valence-electron chi connectivity index (χ1n) is 12.2. The van der Waals surface area contributed by atoms with Crippen molar-refractivity contribution in [3.05, 3.63) is 58.8 Å². The summed E-state index contributed by atoms with van der Waals surface area (Å²) in [5, 5.41) is 0.997. The van der Waals surface area contributed by atoms with Crippen LogP contribution in [0.2, 0.25) is 10.3 Å². The smallest absolute Gasteiger partial charge is 0.172 e. The van der Waals surface area contributed by atoms with Crippen LogP contribution in [-0.2, 0) is 0 Å². The minimum atomic E-state index is 0.498. The minimum Gasteiger partial charge on any atom is -0.351 e. The number of rotatable bonds is 2. The number of halogens is 2. The molecule has 0 saturated carbocycles. The fourth-order valence-electron chi connectivity index (χ4n) is 4.38. The highest BCUT2D eigenvalue weighted by molar-refractivity contribution is 6.32. The normalized spacial score (nSPS) is 17.3. The molecular formula is C26H30Cl2N8. The van der Waals surface area contributed by atoms with E-state index >= 15 is 0 Å². The fourth-order valence-corrected chi connectivity index (χ4v) is 4.88. The molecule has 0 N–H and O–H groups in total. The zero-order valence-electron chi connectivity index (χ0n) is 20.6. The molecule has 6 rings (SSSR count). The first-order chi connectivity index (χ1) is 17.5. The third-order valence-electron chi connectivity index (χ3n) is 6.63. The number of fused-ring (bicyclic) bond motifs is 2. The van der Waals surface area contributed by atoms with E-state index in [1.165, 1.54) is 0 Å². The summed E-state index contributed by atoms with van der Waals surface area (Å²) in [5.41, 5.74) is 3.49. The highest BCUT2D eigenvalue weighted by atomic mass is 35.5. The topological polar surface area (TPSA) is 64.5 Å². The summed E-state index contributed by atoms with van der Waals surface area (Å²) >= 11 is 12.5. The van der Waals surface area contributed by atoms with E-state index in [2.05, 4.69) is 53.6 Å². The van der Waals surface area contributed by atoms with Crippen molar-refractivity contribution < 1.29 is 0 Å². The molecule has 8 nitrogen and oxygen atoms in total. The second-order valence-corrected chi connectivity index (χ2v) is 9.95. The molecule has 2 fully saturated rings. The maximum atomic E-state index is 6.24. The van der Waals surface area contributed by atoms with Crippen LogP contribution in [0.1, 0.15) is 0 Å². The largest absolute Gasteiger partial charge is 0.351 e. The van der Waals surface area contributed by atoms with E-state index < -0.39 is 0 Å². The molecule has 0 radical (unpaired) electrons. The number of hydrogen-bond acceptors (Lipinski definition) is 8. The van der Waals surface area contributed by atoms with Gasteiger partial charge in [-0.15, -0.1) is 0 Å². The van der Waals surface area contributed by atoms with Crippen molar-refractivity contribution in [2.24, 2.45) is 0 Å². The Morgan fingerprint density at radius 1 is 0.500 bits per heavy atom. The molecule has 2 aromatic heterocycles. The van der Waals surface area contributed by atoms with E-state index in [1.54, 1.807) is 0 Å². The van der Waals surface area contributed by atoms with Crippen molar-refractivity contribution >= 4 is 56.9 Å². The van der Waals surface area contributed by atoms with Crippen molar-refractivity contribution in [1.82, 2.24) is 29.7 Å². The van der Waals surface area contributed by atoms with Gasteiger partial charge in [0.25, 0.3) is 0 Å². The Bertz CT molecular complexity index is 1230. The van der Waals surface area contributed by atoms with Crippen molar-refractivity contribution in [3.63, 3.8) is 0 Å². The van der Waals surface area contributed by atoms with Gasteiger partial charge >= 0.3 is 0 Å². The molecule has 4 aromatic rings. The second-order valence-electron chi connectivity index (χ2n) is 9.23. The lowest BCUT2D eigenvalue weighted by atomic mass is 10.3. The number of likely N-dealkylation sites (N-methyl/N-ethyl adjacent to an activating group) is 2. The van der Waals surface area contributed by atoms with Crippen molar-refractivity contribution in [2.45, 2.75) is 0 Å². The van der Waals surface area contributed by atoms with Gasteiger partial charge < -0.3 is 19.6 Å². The van der Waals surface area contributed by atoms with Crippen molar-refractivity contribution in [1.29, 1.82) is 0 Å². The molecule has 2 aliphatic rings. The van der Waals surface area contributed by atoms with Crippen LogP contribution in [0.5, 0.6) is 0 Å². The van der Waals surface area contributed by atoms with Gasteiger partial charge in [-0.3, -0.25) is 0 Å². The number of para-hydroxylation sites is 4. The molecule has 0 amide bonds. The number of anilines is 2. The Balaban J connectivity index is 0.000000148. The number of aromatic nitrogens is 4. The van der Waals surface area contributed by atoms with Crippen LogP contribution in [0.15, 0.2) is 48.5 Å². The molecule has 0 spiro atoms. The zero-order chi connectivity index (χ0) is 25.1. The van der Waals surface area contributed by atoms with E-state index in [9.17, 15) is 0 Å². The molecule has 2 aliphatic heterocycles. The average Bonchev–Trinajstić information content (AvgIpc) is 2.89. The summed E-state index contributed by atoms with van der Waals surface area (Å²) in [6.07, 6.45) is 0. The highest BCUT2D eigenvalue weighted by Crippen LogP contribution is 2.26. The molecule has 2 aromatic carbocycles. The lowest BCUT2D eigenvalue weighted by Crippen LogP contribution is -2.45. The summed E-state index contributed by atoms with van der Waals surface area (Å²) < 4.78 is 0. The molecule has 0 aliphatic carbocycles. The fraction of sp³-hybridized carbons (Fsp3) is 0.385. The van der Waals surface area contributed by atoms with Gasteiger partial charge in [0.05, 0.1) is 22.1 Å². The minimum absolute atomic E-state index is 0.498. The third kappa shape index (κ3) is 5.62. The quantitative estimate of drug-likeness (QED) is 0.388. The van der Waals surface area contributed by atoms with Crippen LogP contribution in [0, 0.1) is 0 Å². The molecular weight excluding hydrogens is 495 g/mol. The van der Waals surface area contributed by atoms with Gasteiger partial charge in [0.2, 0.25) is 0 Å². The van der Waals surface area contributed by atoms with Crippen LogP contribution in [0.3, 0.4) is 0 Å². The number of piperazine rings is 2. The Morgan fingerprint density at radius 3 is 1.14 bits per heavy atom. The van der Waals surface area contributed by atoms with E-state index in [1.807, 2.05) is 48.5 Å². The lowest BCUT2D eigenvalue weighted by Gasteiger charge is -2.33. The van der Waals surface area contributed by atoms with E-state index in [0.717, 1.165) is 86.1 Å². The van der Waals surface area contributed by atoms with Crippen LogP contribution < -0.4 is 9.80 Å². The summed E-state index contributed by atoms with van der Waals surface area (Å²) in [7, 11) is 4.26. The first kappa shape index (κ1) is 24.9. The monoisotopic (exact) mass is 524 g/mol. The SMILES string of the molecule is CN1CCN(c2nc3ccccc3nc2Cl)CC1.CN1CCN(c2nc3ccccc3nc2Cl)CC1. The molecule has 10 heteroatoms. The number of hydrogen-bond donors (Lipinski definition) is 0. The van der Waals surface area contributed by atoms with Crippen LogP contribution in [0.25, 0.3) is 22.1 Å². The average molecular weight is 525 g/mol. The van der Waals surface area contributed by atoms with Gasteiger partial charge in [-0.25, -0.2) is 19.9 Å². The summed E-state index contributed by atoms with van der Waals surface area (Å²) in [6, 6.07) is 15.6. The Morgan fingerprint density at radius 2 is 0.806 bits per heavy atom. The van der Waals surface area contributed by atoms with Crippen molar-refractivity contribution in [3.8, 4) is 0 Å². The molecule has 0 atom stereocenters. The van der Waals surface area contributed by atoms with Crippen molar-refractivity contribution in [2.75, 3.05) is 76.3 Å². The lowest BCUT2D eigenvalue weighted by molar-refractivity contribution is 0.312. The van der Waals surface area contributed by atoms with Crippen LogP contribution in [0.4, 0.5) is 11.6 Å². The van der Waals surface area contributed by atoms with Gasteiger partial charge in [-0.1, -0.05) is 47.5 Å². The van der Waals surface area contributed by atoms with E-state index in [4.69, 9.17) is 23.2 Å². The Kier molecular flexibility index (Phi) is 7.67. The van der Waals surface area contributed by atoms with E-state index in [-0.39, 0.29) is 0 Å². The predicted octanol–water partition coefficient (Wildman–Crippen LogP) is 4.07. The predicted molar refractivity (Wildman–Crippen MR) is 149 cm³/mol. The molecule has 188 valence electrons. The van der Waals surface area contributed by atoms with Gasteiger partial charge in [-0.05, 0) is 38.4 Å². The highest BCUT2D eigenvalue weighted by Gasteiger charge is 2.20. The van der Waals surface area contributed by atoms with Crippen LogP contribution >= 0.6 is 23.2 Å².